The van der Waals surface area contributed by atoms with Gasteiger partial charge in [-0.1, -0.05) is 0 Å². The summed E-state index contributed by atoms with van der Waals surface area (Å²) >= 11 is 0. The Labute approximate surface area is 146 Å². The van der Waals surface area contributed by atoms with Gasteiger partial charge >= 0.3 is 0 Å². The number of likely N-dealkylation sites (tertiary alicyclic amines) is 1. The first-order valence-corrected chi connectivity index (χ1v) is 8.87. The Kier molecular flexibility index (Phi) is 4.61. The van der Waals surface area contributed by atoms with Crippen LogP contribution in [0.5, 0.6) is 11.5 Å². The molecule has 132 valence electrons. The molecule has 0 bridgehead atoms. The quantitative estimate of drug-likeness (QED) is 0.865. The van der Waals surface area contributed by atoms with E-state index < -0.39 is 0 Å². The number of carbonyl (C=O) groups is 1. The normalized spacial score (nSPS) is 18.1. The highest BCUT2D eigenvalue weighted by Crippen LogP contribution is 2.32. The summed E-state index contributed by atoms with van der Waals surface area (Å²) in [5.41, 5.74) is 0.580. The maximum absolute atomic E-state index is 12.6. The Morgan fingerprint density at radius 1 is 1.12 bits per heavy atom. The summed E-state index contributed by atoms with van der Waals surface area (Å²) in [5, 5.41) is 3.06. The average molecular weight is 343 g/mol. The molecule has 3 heterocycles. The molecule has 0 radical (unpaired) electrons. The molecular formula is C19H23N2O4+. The van der Waals surface area contributed by atoms with Crippen molar-refractivity contribution in [1.82, 2.24) is 5.32 Å². The summed E-state index contributed by atoms with van der Waals surface area (Å²) < 4.78 is 16.3. The molecule has 0 spiro atoms. The van der Waals surface area contributed by atoms with Gasteiger partial charge in [0.15, 0.2) is 23.3 Å². The van der Waals surface area contributed by atoms with Crippen LogP contribution in [0.4, 0.5) is 0 Å². The third-order valence-corrected chi connectivity index (χ3v) is 4.98. The van der Waals surface area contributed by atoms with E-state index in [1.54, 1.807) is 24.5 Å². The number of amides is 1. The van der Waals surface area contributed by atoms with Crippen molar-refractivity contribution in [3.63, 3.8) is 0 Å². The summed E-state index contributed by atoms with van der Waals surface area (Å²) in [4.78, 5) is 14.0. The van der Waals surface area contributed by atoms with Crippen LogP contribution in [0, 0.1) is 0 Å². The fourth-order valence-electron chi connectivity index (χ4n) is 3.62. The van der Waals surface area contributed by atoms with E-state index in [0.717, 1.165) is 18.8 Å². The monoisotopic (exact) mass is 343 g/mol. The third-order valence-electron chi connectivity index (χ3n) is 4.98. The van der Waals surface area contributed by atoms with E-state index in [-0.39, 0.29) is 18.7 Å². The van der Waals surface area contributed by atoms with Gasteiger partial charge in [0.25, 0.3) is 5.91 Å². The van der Waals surface area contributed by atoms with Crippen LogP contribution in [-0.2, 0) is 0 Å². The molecule has 2 aromatic rings. The number of ether oxygens (including phenoxy) is 2. The van der Waals surface area contributed by atoms with Crippen molar-refractivity contribution < 1.29 is 23.6 Å². The zero-order chi connectivity index (χ0) is 17.1. The molecule has 1 amide bonds. The van der Waals surface area contributed by atoms with Gasteiger partial charge in [-0.2, -0.15) is 0 Å². The molecule has 2 N–H and O–H groups in total. The molecule has 0 saturated carbocycles. The van der Waals surface area contributed by atoms with Crippen LogP contribution in [0.2, 0.25) is 0 Å². The summed E-state index contributed by atoms with van der Waals surface area (Å²) in [6, 6.07) is 9.32. The zero-order valence-corrected chi connectivity index (χ0v) is 14.1. The second-order valence-electron chi connectivity index (χ2n) is 6.56. The number of piperidine rings is 1. The summed E-state index contributed by atoms with van der Waals surface area (Å²) in [5.74, 6) is 2.13. The Balaban J connectivity index is 1.44. The smallest absolute Gasteiger partial charge is 0.251 e. The molecule has 25 heavy (non-hydrogen) atoms. The SMILES string of the molecule is O=C(NC[C@@H](c1ccco1)[NH+]1CCCCC1)c1ccc2c(c1)OCO2. The lowest BCUT2D eigenvalue weighted by atomic mass is 10.1. The van der Waals surface area contributed by atoms with Gasteiger partial charge in [-0.3, -0.25) is 4.79 Å². The van der Waals surface area contributed by atoms with E-state index in [9.17, 15) is 4.79 Å². The number of quaternary nitrogens is 1. The molecule has 4 rings (SSSR count). The number of fused-ring (bicyclic) bond motifs is 1. The Bertz CT molecular complexity index is 723. The minimum Gasteiger partial charge on any atom is -0.463 e. The van der Waals surface area contributed by atoms with E-state index in [2.05, 4.69) is 5.32 Å². The summed E-state index contributed by atoms with van der Waals surface area (Å²) in [6.07, 6.45) is 5.44. The lowest BCUT2D eigenvalue weighted by Crippen LogP contribution is -3.13. The van der Waals surface area contributed by atoms with Crippen LogP contribution in [0.3, 0.4) is 0 Å². The number of carbonyl (C=O) groups excluding carboxylic acids is 1. The highest BCUT2D eigenvalue weighted by molar-refractivity contribution is 5.94. The first kappa shape index (κ1) is 16.0. The van der Waals surface area contributed by atoms with Gasteiger partial charge in [0, 0.05) is 5.56 Å². The molecule has 1 atom stereocenters. The van der Waals surface area contributed by atoms with Crippen molar-refractivity contribution in [3.05, 3.63) is 47.9 Å². The number of nitrogens with one attached hydrogen (secondary N) is 2. The molecule has 1 saturated heterocycles. The second-order valence-corrected chi connectivity index (χ2v) is 6.56. The largest absolute Gasteiger partial charge is 0.463 e. The molecule has 2 aliphatic heterocycles. The fourth-order valence-corrected chi connectivity index (χ4v) is 3.62. The van der Waals surface area contributed by atoms with Gasteiger partial charge in [-0.15, -0.1) is 0 Å². The van der Waals surface area contributed by atoms with E-state index in [4.69, 9.17) is 13.9 Å². The van der Waals surface area contributed by atoms with E-state index in [1.165, 1.54) is 24.2 Å². The molecular weight excluding hydrogens is 320 g/mol. The lowest BCUT2D eigenvalue weighted by Gasteiger charge is -2.30. The summed E-state index contributed by atoms with van der Waals surface area (Å²) in [7, 11) is 0. The van der Waals surface area contributed by atoms with Gasteiger partial charge in [0.05, 0.1) is 25.9 Å². The zero-order valence-electron chi connectivity index (χ0n) is 14.1. The molecule has 1 aromatic heterocycles. The van der Waals surface area contributed by atoms with E-state index >= 15 is 0 Å². The van der Waals surface area contributed by atoms with Crippen LogP contribution >= 0.6 is 0 Å². The second kappa shape index (κ2) is 7.19. The minimum atomic E-state index is -0.105. The molecule has 0 aliphatic carbocycles. The van der Waals surface area contributed by atoms with Crippen LogP contribution in [0.15, 0.2) is 41.0 Å². The van der Waals surface area contributed by atoms with Crippen LogP contribution < -0.4 is 19.7 Å². The van der Waals surface area contributed by atoms with Gasteiger partial charge in [0.1, 0.15) is 0 Å². The maximum atomic E-state index is 12.6. The molecule has 0 unspecified atom stereocenters. The number of benzene rings is 1. The average Bonchev–Trinajstić information content (AvgIpc) is 3.34. The number of hydrogen-bond donors (Lipinski definition) is 2. The fraction of sp³-hybridized carbons (Fsp3) is 0.421. The Morgan fingerprint density at radius 2 is 1.96 bits per heavy atom. The van der Waals surface area contributed by atoms with Crippen LogP contribution in [0.1, 0.15) is 41.4 Å². The minimum absolute atomic E-state index is 0.105. The molecule has 6 nitrogen and oxygen atoms in total. The van der Waals surface area contributed by atoms with Crippen molar-refractivity contribution in [2.75, 3.05) is 26.4 Å². The van der Waals surface area contributed by atoms with E-state index in [0.29, 0.717) is 23.6 Å². The number of rotatable bonds is 5. The highest BCUT2D eigenvalue weighted by Gasteiger charge is 2.29. The van der Waals surface area contributed by atoms with Crippen molar-refractivity contribution in [3.8, 4) is 11.5 Å². The van der Waals surface area contributed by atoms with Crippen molar-refractivity contribution in [2.24, 2.45) is 0 Å². The molecule has 2 aliphatic rings. The van der Waals surface area contributed by atoms with E-state index in [1.807, 2.05) is 12.1 Å². The molecule has 1 aromatic carbocycles. The highest BCUT2D eigenvalue weighted by atomic mass is 16.7. The predicted octanol–water partition coefficient (Wildman–Crippen LogP) is 1.55. The predicted molar refractivity (Wildman–Crippen MR) is 90.9 cm³/mol. The number of hydrogen-bond acceptors (Lipinski definition) is 4. The topological polar surface area (TPSA) is 65.1 Å². The van der Waals surface area contributed by atoms with Gasteiger partial charge in [0.2, 0.25) is 6.79 Å². The maximum Gasteiger partial charge on any atom is 0.251 e. The molecule has 6 heteroatoms. The van der Waals surface area contributed by atoms with Crippen molar-refractivity contribution in [2.45, 2.75) is 25.3 Å². The van der Waals surface area contributed by atoms with Gasteiger partial charge < -0.3 is 24.1 Å². The first-order valence-electron chi connectivity index (χ1n) is 8.87. The number of furan rings is 1. The van der Waals surface area contributed by atoms with Gasteiger partial charge in [-0.05, 0) is 49.6 Å². The van der Waals surface area contributed by atoms with Crippen LogP contribution in [0.25, 0.3) is 0 Å². The third kappa shape index (κ3) is 3.49. The van der Waals surface area contributed by atoms with Gasteiger partial charge in [-0.25, -0.2) is 0 Å². The first-order chi connectivity index (χ1) is 12.3. The lowest BCUT2D eigenvalue weighted by molar-refractivity contribution is -0.936. The standard InChI is InChI=1S/C19H22N2O4/c22-19(14-6-7-17-18(11-14)25-13-24-17)20-12-15(16-5-4-10-23-16)21-8-2-1-3-9-21/h4-7,10-11,15H,1-3,8-9,12-13H2,(H,20,22)/p+1/t15-/m0/s1. The molecule has 1 fully saturated rings. The van der Waals surface area contributed by atoms with Crippen molar-refractivity contribution in [1.29, 1.82) is 0 Å². The Morgan fingerprint density at radius 3 is 2.76 bits per heavy atom. The van der Waals surface area contributed by atoms with Crippen molar-refractivity contribution >= 4 is 5.91 Å². The van der Waals surface area contributed by atoms with Crippen LogP contribution in [-0.4, -0.2) is 32.3 Å². The Hall–Kier alpha value is -2.47. The summed E-state index contributed by atoms with van der Waals surface area (Å²) in [6.45, 7) is 2.99.